The van der Waals surface area contributed by atoms with Gasteiger partial charge in [-0.05, 0) is 107 Å². The number of rotatable bonds is 8. The van der Waals surface area contributed by atoms with Crippen molar-refractivity contribution in [1.82, 2.24) is 14.9 Å². The highest BCUT2D eigenvalue weighted by Gasteiger charge is 2.40. The van der Waals surface area contributed by atoms with E-state index in [-0.39, 0.29) is 5.91 Å². The molecule has 8 nitrogen and oxygen atoms in total. The van der Waals surface area contributed by atoms with Crippen LogP contribution in [0.4, 0.5) is 23.1 Å². The molecule has 0 aliphatic carbocycles. The molecule has 0 bridgehead atoms. The van der Waals surface area contributed by atoms with Crippen LogP contribution in [-0.4, -0.2) is 51.1 Å². The van der Waals surface area contributed by atoms with Gasteiger partial charge in [0.05, 0.1) is 17.2 Å². The summed E-state index contributed by atoms with van der Waals surface area (Å²) in [6.45, 7) is 15.1. The van der Waals surface area contributed by atoms with Gasteiger partial charge in [0, 0.05) is 31.0 Å². The van der Waals surface area contributed by atoms with Crippen LogP contribution in [0.15, 0.2) is 36.5 Å². The van der Waals surface area contributed by atoms with Gasteiger partial charge in [0.15, 0.2) is 5.82 Å². The lowest BCUT2D eigenvalue weighted by Crippen LogP contribution is -2.43. The predicted octanol–water partition coefficient (Wildman–Crippen LogP) is 6.28. The van der Waals surface area contributed by atoms with Crippen LogP contribution < -0.4 is 16.0 Å². The van der Waals surface area contributed by atoms with Crippen LogP contribution in [0, 0.1) is 13.8 Å². The number of aliphatic hydroxyl groups is 1. The minimum atomic E-state index is -0.694. The van der Waals surface area contributed by atoms with E-state index in [2.05, 4.69) is 56.8 Å². The van der Waals surface area contributed by atoms with Gasteiger partial charge in [0.2, 0.25) is 11.9 Å². The summed E-state index contributed by atoms with van der Waals surface area (Å²) in [5.74, 6) is 1.42. The van der Waals surface area contributed by atoms with E-state index in [9.17, 15) is 9.90 Å². The smallest absolute Gasteiger partial charge is 0.234 e. The van der Waals surface area contributed by atoms with E-state index in [4.69, 9.17) is 11.6 Å². The molecule has 2 aliphatic rings. The topological polar surface area (TPSA) is 102 Å². The molecule has 1 fully saturated rings. The number of nitrogens with zero attached hydrogens (tertiary/aromatic N) is 3. The Kier molecular flexibility index (Phi) is 8.03. The number of nitrogens with one attached hydrogen (secondary N) is 3. The van der Waals surface area contributed by atoms with Crippen molar-refractivity contribution in [2.45, 2.75) is 77.9 Å². The van der Waals surface area contributed by atoms with Gasteiger partial charge < -0.3 is 21.1 Å². The average Bonchev–Trinajstić information content (AvgIpc) is 3.14. The van der Waals surface area contributed by atoms with E-state index < -0.39 is 11.0 Å². The van der Waals surface area contributed by atoms with Crippen molar-refractivity contribution in [3.63, 3.8) is 0 Å². The Morgan fingerprint density at radius 1 is 1.20 bits per heavy atom. The lowest BCUT2D eigenvalue weighted by Gasteiger charge is -2.37. The van der Waals surface area contributed by atoms with Crippen molar-refractivity contribution in [3.05, 3.63) is 69.4 Å². The fraction of sp³-hybridized carbons (Fsp3) is 0.469. The summed E-state index contributed by atoms with van der Waals surface area (Å²) >= 11 is 6.48. The minimum absolute atomic E-state index is 0.00175. The van der Waals surface area contributed by atoms with E-state index in [1.54, 1.807) is 6.20 Å². The van der Waals surface area contributed by atoms with Crippen LogP contribution >= 0.6 is 11.6 Å². The van der Waals surface area contributed by atoms with Gasteiger partial charge in [0.1, 0.15) is 5.02 Å². The standard InChI is InChI=1S/C32H41ClN6O2/c1-19-20(2)25(13-12-23(19)22-10-8-14-39(17-22)18-31(3,4)41)37-30-35-16-24(33)28(38-30)34-15-21-9-7-11-26-27(21)32(5,6)29(40)36-26/h7,9,11-13,16,22,41H,8,10,14-15,17-18H2,1-6H3,(H,36,40)(H2,34,35,37,38). The lowest BCUT2D eigenvalue weighted by atomic mass is 9.83. The molecule has 9 heteroatoms. The number of anilines is 4. The molecule has 0 saturated carbocycles. The SMILES string of the molecule is Cc1c(Nc2ncc(Cl)c(NCc3cccc4c3C(C)(C)C(=O)N4)n2)ccc(C2CCCN(CC(C)(C)O)C2)c1C. The molecule has 2 aliphatic heterocycles. The molecular formula is C32H41ClN6O2. The molecule has 4 N–H and O–H groups in total. The van der Waals surface area contributed by atoms with Crippen molar-refractivity contribution >= 4 is 40.6 Å². The molecule has 1 unspecified atom stereocenters. The van der Waals surface area contributed by atoms with Gasteiger partial charge in [-0.2, -0.15) is 4.98 Å². The normalized spacial score (nSPS) is 18.6. The van der Waals surface area contributed by atoms with Crippen LogP contribution in [0.1, 0.15) is 74.3 Å². The predicted molar refractivity (Wildman–Crippen MR) is 166 cm³/mol. The van der Waals surface area contributed by atoms with E-state index >= 15 is 0 Å². The van der Waals surface area contributed by atoms with E-state index in [0.717, 1.165) is 54.0 Å². The maximum absolute atomic E-state index is 12.5. The first-order valence-corrected chi connectivity index (χ1v) is 14.7. The Morgan fingerprint density at radius 2 is 1.98 bits per heavy atom. The zero-order valence-electron chi connectivity index (χ0n) is 24.9. The number of aromatic nitrogens is 2. The number of fused-ring (bicyclic) bond motifs is 1. The van der Waals surface area contributed by atoms with Gasteiger partial charge in [-0.1, -0.05) is 29.8 Å². The molecule has 218 valence electrons. The minimum Gasteiger partial charge on any atom is -0.389 e. The first-order valence-electron chi connectivity index (χ1n) is 14.4. The van der Waals surface area contributed by atoms with Gasteiger partial charge in [-0.3, -0.25) is 9.69 Å². The zero-order chi connectivity index (χ0) is 29.5. The molecule has 3 heterocycles. The van der Waals surface area contributed by atoms with Gasteiger partial charge >= 0.3 is 0 Å². The van der Waals surface area contributed by atoms with Crippen molar-refractivity contribution < 1.29 is 9.90 Å². The number of amides is 1. The summed E-state index contributed by atoms with van der Waals surface area (Å²) in [7, 11) is 0. The summed E-state index contributed by atoms with van der Waals surface area (Å²) in [5.41, 5.74) is 6.30. The Morgan fingerprint density at radius 3 is 2.73 bits per heavy atom. The van der Waals surface area contributed by atoms with Crippen LogP contribution in [0.5, 0.6) is 0 Å². The maximum atomic E-state index is 12.5. The largest absolute Gasteiger partial charge is 0.389 e. The number of carbonyl (C=O) groups is 1. The number of β-amino-alcohol motifs (C(OH)–C–C–N with tert-alkyl or cyclic N) is 1. The summed E-state index contributed by atoms with van der Waals surface area (Å²) < 4.78 is 0. The highest BCUT2D eigenvalue weighted by Crippen LogP contribution is 2.40. The van der Waals surface area contributed by atoms with Crippen LogP contribution in [0.25, 0.3) is 0 Å². The highest BCUT2D eigenvalue weighted by molar-refractivity contribution is 6.32. The first-order chi connectivity index (χ1) is 19.3. The lowest BCUT2D eigenvalue weighted by molar-refractivity contribution is -0.119. The molecule has 1 saturated heterocycles. The summed E-state index contributed by atoms with van der Waals surface area (Å²) in [6, 6.07) is 10.2. The Balaban J connectivity index is 1.31. The van der Waals surface area contributed by atoms with Crippen molar-refractivity contribution in [2.75, 3.05) is 35.6 Å². The number of piperidine rings is 1. The van der Waals surface area contributed by atoms with Crippen LogP contribution in [0.2, 0.25) is 5.02 Å². The highest BCUT2D eigenvalue weighted by atomic mass is 35.5. The molecule has 5 rings (SSSR count). The third-order valence-corrected chi connectivity index (χ3v) is 8.69. The zero-order valence-corrected chi connectivity index (χ0v) is 25.6. The molecule has 0 radical (unpaired) electrons. The molecule has 1 atom stereocenters. The van der Waals surface area contributed by atoms with Crippen LogP contribution in [-0.2, 0) is 16.8 Å². The van der Waals surface area contributed by atoms with Crippen molar-refractivity contribution in [2.24, 2.45) is 0 Å². The number of carbonyl (C=O) groups excluding carboxylic acids is 1. The second-order valence-electron chi connectivity index (χ2n) is 12.6. The third-order valence-electron chi connectivity index (χ3n) is 8.41. The monoisotopic (exact) mass is 576 g/mol. The van der Waals surface area contributed by atoms with Crippen LogP contribution in [0.3, 0.4) is 0 Å². The molecule has 1 aromatic heterocycles. The maximum Gasteiger partial charge on any atom is 0.234 e. The molecule has 0 spiro atoms. The van der Waals surface area contributed by atoms with Gasteiger partial charge in [-0.25, -0.2) is 4.98 Å². The second kappa shape index (κ2) is 11.2. The quantitative estimate of drug-likeness (QED) is 0.250. The molecule has 3 aromatic rings. The molecular weight excluding hydrogens is 536 g/mol. The second-order valence-corrected chi connectivity index (χ2v) is 13.0. The average molecular weight is 577 g/mol. The fourth-order valence-electron chi connectivity index (χ4n) is 6.25. The summed E-state index contributed by atoms with van der Waals surface area (Å²) in [5, 5.41) is 20.5. The third kappa shape index (κ3) is 6.20. The Bertz CT molecular complexity index is 1470. The van der Waals surface area contributed by atoms with E-state index in [1.165, 1.54) is 11.1 Å². The number of likely N-dealkylation sites (tertiary alicyclic amines) is 1. The molecule has 41 heavy (non-hydrogen) atoms. The Labute approximate surface area is 247 Å². The van der Waals surface area contributed by atoms with E-state index in [0.29, 0.717) is 35.8 Å². The summed E-state index contributed by atoms with van der Waals surface area (Å²) in [4.78, 5) is 24.0. The molecule has 2 aromatic carbocycles. The fourth-order valence-corrected chi connectivity index (χ4v) is 6.41. The first kappa shape index (κ1) is 29.3. The molecule has 1 amide bonds. The summed E-state index contributed by atoms with van der Waals surface area (Å²) in [6.07, 6.45) is 3.87. The number of halogens is 1. The number of benzene rings is 2. The Hall–Kier alpha value is -3.20. The van der Waals surface area contributed by atoms with Crippen molar-refractivity contribution in [3.8, 4) is 0 Å². The van der Waals surface area contributed by atoms with E-state index in [1.807, 2.05) is 45.9 Å². The van der Waals surface area contributed by atoms with Crippen molar-refractivity contribution in [1.29, 1.82) is 0 Å². The number of hydrogen-bond acceptors (Lipinski definition) is 7. The van der Waals surface area contributed by atoms with Gasteiger partial charge in [0.25, 0.3) is 0 Å². The van der Waals surface area contributed by atoms with Gasteiger partial charge in [-0.15, -0.1) is 0 Å². The number of hydrogen-bond donors (Lipinski definition) is 4.